The maximum Gasteiger partial charge on any atom is 0.508 e. The zero-order valence-electron chi connectivity index (χ0n) is 23.9. The van der Waals surface area contributed by atoms with Crippen molar-refractivity contribution in [2.24, 2.45) is 21.7 Å². The van der Waals surface area contributed by atoms with Crippen molar-refractivity contribution >= 4 is 24.1 Å². The lowest BCUT2D eigenvalue weighted by molar-refractivity contribution is -0.210. The van der Waals surface area contributed by atoms with Gasteiger partial charge >= 0.3 is 24.1 Å². The third-order valence-electron chi connectivity index (χ3n) is 9.52. The first kappa shape index (κ1) is 30.2. The molecule has 10 heteroatoms. The molecule has 10 nitrogen and oxygen atoms in total. The number of hydrogen-bond acceptors (Lipinski definition) is 10. The normalized spacial score (nSPS) is 23.9. The van der Waals surface area contributed by atoms with Gasteiger partial charge in [-0.1, -0.05) is 13.8 Å². The van der Waals surface area contributed by atoms with Gasteiger partial charge < -0.3 is 28.4 Å². The van der Waals surface area contributed by atoms with E-state index in [9.17, 15) is 19.2 Å². The molecule has 2 atom stereocenters. The molecule has 0 N–H and O–H groups in total. The zero-order valence-corrected chi connectivity index (χ0v) is 23.9. The van der Waals surface area contributed by atoms with Crippen LogP contribution in [-0.2, 0) is 42.8 Å². The van der Waals surface area contributed by atoms with Crippen molar-refractivity contribution in [2.75, 3.05) is 33.0 Å². The number of esters is 3. The molecule has 0 radical (unpaired) electrons. The second-order valence-corrected chi connectivity index (χ2v) is 12.3. The van der Waals surface area contributed by atoms with E-state index in [0.717, 1.165) is 32.1 Å². The van der Waals surface area contributed by atoms with Gasteiger partial charge in [-0.3, -0.25) is 14.4 Å². The Hall–Kier alpha value is -2.36. The highest BCUT2D eigenvalue weighted by atomic mass is 16.8. The second kappa shape index (κ2) is 11.0. The van der Waals surface area contributed by atoms with Gasteiger partial charge in [0.1, 0.15) is 25.4 Å². The van der Waals surface area contributed by atoms with E-state index >= 15 is 0 Å². The molecule has 2 heterocycles. The summed E-state index contributed by atoms with van der Waals surface area (Å²) in [5.74, 6) is -1.98. The van der Waals surface area contributed by atoms with E-state index in [0.29, 0.717) is 19.6 Å². The van der Waals surface area contributed by atoms with Crippen LogP contribution in [0, 0.1) is 21.7 Å². The second-order valence-electron chi connectivity index (χ2n) is 12.3. The Kier molecular flexibility index (Phi) is 8.75. The lowest BCUT2D eigenvalue weighted by Crippen LogP contribution is -2.61. The third kappa shape index (κ3) is 5.38. The van der Waals surface area contributed by atoms with Crippen molar-refractivity contribution in [3.63, 3.8) is 0 Å². The summed E-state index contributed by atoms with van der Waals surface area (Å²) >= 11 is 0. The summed E-state index contributed by atoms with van der Waals surface area (Å²) in [6.07, 6.45) is 3.32. The average molecular weight is 541 g/mol. The fraction of sp³-hybridized carbons (Fsp3) is 0.857. The Morgan fingerprint density at radius 1 is 0.895 bits per heavy atom. The Labute approximate surface area is 225 Å². The van der Waals surface area contributed by atoms with Gasteiger partial charge in [-0.25, -0.2) is 4.79 Å². The fourth-order valence-corrected chi connectivity index (χ4v) is 5.51. The molecular formula is C28H44O10. The van der Waals surface area contributed by atoms with Crippen LogP contribution in [0.15, 0.2) is 0 Å². The van der Waals surface area contributed by atoms with Crippen LogP contribution in [0.5, 0.6) is 0 Å². The molecule has 3 rings (SSSR count). The molecule has 0 aromatic heterocycles. The van der Waals surface area contributed by atoms with Gasteiger partial charge in [-0.05, 0) is 73.1 Å². The van der Waals surface area contributed by atoms with E-state index in [4.69, 9.17) is 28.4 Å². The monoisotopic (exact) mass is 540 g/mol. The topological polar surface area (TPSA) is 124 Å². The predicted molar refractivity (Wildman–Crippen MR) is 135 cm³/mol. The molecule has 0 aromatic carbocycles. The average Bonchev–Trinajstić information content (AvgIpc) is 3.50. The number of cyclic esters (lactones) is 2. The van der Waals surface area contributed by atoms with Crippen LogP contribution >= 0.6 is 0 Å². The van der Waals surface area contributed by atoms with Crippen LogP contribution in [-0.4, -0.2) is 68.8 Å². The van der Waals surface area contributed by atoms with E-state index in [2.05, 4.69) is 0 Å². The maximum absolute atomic E-state index is 14.0. The molecule has 0 bridgehead atoms. The minimum absolute atomic E-state index is 0.0378. The molecule has 3 fully saturated rings. The van der Waals surface area contributed by atoms with Crippen LogP contribution in [0.2, 0.25) is 0 Å². The quantitative estimate of drug-likeness (QED) is 0.260. The summed E-state index contributed by atoms with van der Waals surface area (Å²) in [4.78, 5) is 52.6. The molecule has 1 aliphatic carbocycles. The summed E-state index contributed by atoms with van der Waals surface area (Å²) in [5, 5.41) is 0. The number of carbonyl (C=O) groups is 4. The summed E-state index contributed by atoms with van der Waals surface area (Å²) in [7, 11) is 0. The minimum atomic E-state index is -1.68. The lowest BCUT2D eigenvalue weighted by atomic mass is 9.53. The third-order valence-corrected chi connectivity index (χ3v) is 9.52. The summed E-state index contributed by atoms with van der Waals surface area (Å²) in [6, 6.07) is 0. The first-order valence-electron chi connectivity index (χ1n) is 13.7. The van der Waals surface area contributed by atoms with Gasteiger partial charge in [-0.15, -0.1) is 0 Å². The standard InChI is InChI=1S/C28H44O10/c1-8-27(16-33-17-27)18-36-22(31)26(7,24(3,4)20(29)34-14-19-15-35-23(32)37-19)25(5,6)21(30)38-28(9-2)12-10-11-13-28/h19H,8-18H2,1-7H3. The van der Waals surface area contributed by atoms with Crippen LogP contribution in [0.3, 0.4) is 0 Å². The lowest BCUT2D eigenvalue weighted by Gasteiger charge is -2.50. The Balaban J connectivity index is 1.89. The van der Waals surface area contributed by atoms with Gasteiger partial charge in [0.25, 0.3) is 0 Å². The van der Waals surface area contributed by atoms with E-state index in [1.807, 2.05) is 13.8 Å². The first-order valence-corrected chi connectivity index (χ1v) is 13.7. The number of hydrogen-bond donors (Lipinski definition) is 0. The highest BCUT2D eigenvalue weighted by molar-refractivity contribution is 5.94. The number of ether oxygens (including phenoxy) is 6. The van der Waals surface area contributed by atoms with Crippen molar-refractivity contribution in [1.29, 1.82) is 0 Å². The first-order chi connectivity index (χ1) is 17.7. The Morgan fingerprint density at radius 3 is 1.97 bits per heavy atom. The SMILES string of the molecule is CCC1(COC(=O)C(C)(C(C)(C)C(=O)OCC2COC(=O)O2)C(C)(C)C(=O)OC2(CC)CCCC2)COC1. The molecule has 2 unspecified atom stereocenters. The predicted octanol–water partition coefficient (Wildman–Crippen LogP) is 4.36. The molecule has 216 valence electrons. The van der Waals surface area contributed by atoms with Gasteiger partial charge in [0.2, 0.25) is 0 Å². The summed E-state index contributed by atoms with van der Waals surface area (Å²) < 4.78 is 32.6. The molecular weight excluding hydrogens is 496 g/mol. The maximum atomic E-state index is 14.0. The highest BCUT2D eigenvalue weighted by Crippen LogP contribution is 2.55. The van der Waals surface area contributed by atoms with Crippen LogP contribution < -0.4 is 0 Å². The Bertz CT molecular complexity index is 907. The smallest absolute Gasteiger partial charge is 0.464 e. The van der Waals surface area contributed by atoms with Crippen molar-refractivity contribution in [1.82, 2.24) is 0 Å². The van der Waals surface area contributed by atoms with E-state index < -0.39 is 52.0 Å². The van der Waals surface area contributed by atoms with E-state index in [1.165, 1.54) is 0 Å². The highest BCUT2D eigenvalue weighted by Gasteiger charge is 2.66. The van der Waals surface area contributed by atoms with Gasteiger partial charge in [0, 0.05) is 0 Å². The van der Waals surface area contributed by atoms with Gasteiger partial charge in [-0.2, -0.15) is 0 Å². The van der Waals surface area contributed by atoms with Crippen LogP contribution in [0.25, 0.3) is 0 Å². The van der Waals surface area contributed by atoms with Gasteiger partial charge in [0.15, 0.2) is 6.10 Å². The van der Waals surface area contributed by atoms with Crippen molar-refractivity contribution < 1.29 is 47.6 Å². The van der Waals surface area contributed by atoms with Crippen LogP contribution in [0.1, 0.15) is 87.0 Å². The zero-order chi connectivity index (χ0) is 28.4. The number of rotatable bonds is 12. The molecule has 3 aliphatic rings. The summed E-state index contributed by atoms with van der Waals surface area (Å²) in [5.41, 5.74) is -5.53. The fourth-order valence-electron chi connectivity index (χ4n) is 5.51. The molecule has 1 saturated carbocycles. The molecule has 2 saturated heterocycles. The van der Waals surface area contributed by atoms with Crippen molar-refractivity contribution in [2.45, 2.75) is 98.7 Å². The van der Waals surface area contributed by atoms with Crippen molar-refractivity contribution in [3.8, 4) is 0 Å². The number of carbonyl (C=O) groups excluding carboxylic acids is 4. The van der Waals surface area contributed by atoms with E-state index in [-0.39, 0.29) is 25.2 Å². The minimum Gasteiger partial charge on any atom is -0.464 e. The van der Waals surface area contributed by atoms with Crippen molar-refractivity contribution in [3.05, 3.63) is 0 Å². The van der Waals surface area contributed by atoms with E-state index in [1.54, 1.807) is 34.6 Å². The largest absolute Gasteiger partial charge is 0.508 e. The summed E-state index contributed by atoms with van der Waals surface area (Å²) in [6.45, 7) is 12.7. The Morgan fingerprint density at radius 2 is 1.50 bits per heavy atom. The molecule has 38 heavy (non-hydrogen) atoms. The molecule has 0 amide bonds. The van der Waals surface area contributed by atoms with Crippen LogP contribution in [0.4, 0.5) is 4.79 Å². The molecule has 2 aliphatic heterocycles. The molecule has 0 aromatic rings. The van der Waals surface area contributed by atoms with Gasteiger partial charge in [0.05, 0.1) is 34.9 Å². The molecule has 0 spiro atoms.